The summed E-state index contributed by atoms with van der Waals surface area (Å²) in [7, 11) is 0. The highest BCUT2D eigenvalue weighted by atomic mass is 13.9. The smallest absolute Gasteiger partial charge is 0.0161 e. The highest BCUT2D eigenvalue weighted by Gasteiger charge is 1.88. The third-order valence-electron chi connectivity index (χ3n) is 2.43. The van der Waals surface area contributed by atoms with Gasteiger partial charge in [0.2, 0.25) is 0 Å². The number of hydrogen-bond acceptors (Lipinski definition) is 0. The van der Waals surface area contributed by atoms with Crippen LogP contribution in [-0.2, 0) is 0 Å². The van der Waals surface area contributed by atoms with Crippen LogP contribution in [0.4, 0.5) is 0 Å². The van der Waals surface area contributed by atoms with Crippen LogP contribution in [0.3, 0.4) is 0 Å². The molecule has 0 fully saturated rings. The van der Waals surface area contributed by atoms with Gasteiger partial charge in [-0.1, -0.05) is 47.1 Å². The van der Waals surface area contributed by atoms with Gasteiger partial charge >= 0.3 is 0 Å². The molecule has 0 aliphatic heterocycles. The summed E-state index contributed by atoms with van der Waals surface area (Å²) in [5.74, 6) is 0. The third-order valence-corrected chi connectivity index (χ3v) is 2.43. The maximum Gasteiger partial charge on any atom is -0.0161 e. The lowest BCUT2D eigenvalue weighted by Crippen LogP contribution is -1.77. The van der Waals surface area contributed by atoms with Crippen LogP contribution in [0, 0.1) is 0 Å². The van der Waals surface area contributed by atoms with E-state index in [1.54, 1.807) is 0 Å². The summed E-state index contributed by atoms with van der Waals surface area (Å²) in [6.07, 6.45) is 14.5. The first kappa shape index (κ1) is 15.0. The molecule has 90 valence electrons. The second-order valence-electron chi connectivity index (χ2n) is 4.55. The minimum absolute atomic E-state index is 1.05. The van der Waals surface area contributed by atoms with Crippen LogP contribution in [-0.4, -0.2) is 0 Å². The average molecular weight is 218 g/mol. The van der Waals surface area contributed by atoms with Gasteiger partial charge in [-0.25, -0.2) is 0 Å². The third kappa shape index (κ3) is 9.51. The van der Waals surface area contributed by atoms with E-state index in [2.05, 4.69) is 65.0 Å². The molecule has 0 rings (SSSR count). The number of allylic oxidation sites excluding steroid dienone is 8. The van der Waals surface area contributed by atoms with Crippen LogP contribution in [0.1, 0.15) is 53.9 Å². The molecule has 0 atom stereocenters. The molecule has 0 aromatic heterocycles. The fraction of sp³-hybridized carbons (Fsp3) is 0.500. The van der Waals surface area contributed by atoms with E-state index >= 15 is 0 Å². The molecule has 0 aliphatic rings. The molecule has 0 heterocycles. The Labute approximate surface area is 101 Å². The molecule has 0 radical (unpaired) electrons. The van der Waals surface area contributed by atoms with E-state index in [-0.39, 0.29) is 0 Å². The molecule has 0 amide bonds. The number of rotatable bonds is 6. The molecular formula is C16H26. The topological polar surface area (TPSA) is 0 Å². The van der Waals surface area contributed by atoms with Crippen molar-refractivity contribution in [3.05, 3.63) is 47.1 Å². The Morgan fingerprint density at radius 2 is 1.62 bits per heavy atom. The van der Waals surface area contributed by atoms with Gasteiger partial charge in [0.15, 0.2) is 0 Å². The fourth-order valence-electron chi connectivity index (χ4n) is 1.47. The van der Waals surface area contributed by atoms with Gasteiger partial charge in [-0.15, -0.1) is 0 Å². The van der Waals surface area contributed by atoms with Crippen molar-refractivity contribution in [3.8, 4) is 0 Å². The SMILES string of the molecule is CC=CC(C)=CCC=C(C)CCC=C(C)C. The van der Waals surface area contributed by atoms with Gasteiger partial charge in [-0.3, -0.25) is 0 Å². The van der Waals surface area contributed by atoms with E-state index in [4.69, 9.17) is 0 Å². The van der Waals surface area contributed by atoms with E-state index in [1.807, 2.05) is 0 Å². The molecule has 0 saturated heterocycles. The van der Waals surface area contributed by atoms with Crippen molar-refractivity contribution in [1.82, 2.24) is 0 Å². The summed E-state index contributed by atoms with van der Waals surface area (Å²) in [5.41, 5.74) is 4.24. The van der Waals surface area contributed by atoms with Crippen molar-refractivity contribution in [1.29, 1.82) is 0 Å². The van der Waals surface area contributed by atoms with E-state index in [1.165, 1.54) is 29.6 Å². The zero-order chi connectivity index (χ0) is 12.4. The van der Waals surface area contributed by atoms with E-state index in [9.17, 15) is 0 Å². The van der Waals surface area contributed by atoms with Crippen molar-refractivity contribution in [2.45, 2.75) is 53.9 Å². The van der Waals surface area contributed by atoms with Crippen LogP contribution in [0.2, 0.25) is 0 Å². The van der Waals surface area contributed by atoms with Crippen molar-refractivity contribution < 1.29 is 0 Å². The summed E-state index contributed by atoms with van der Waals surface area (Å²) in [4.78, 5) is 0. The van der Waals surface area contributed by atoms with Crippen LogP contribution < -0.4 is 0 Å². The summed E-state index contributed by atoms with van der Waals surface area (Å²) in [6.45, 7) is 10.7. The first-order valence-corrected chi connectivity index (χ1v) is 6.14. The Morgan fingerprint density at radius 3 is 2.19 bits per heavy atom. The Kier molecular flexibility index (Phi) is 8.61. The second-order valence-corrected chi connectivity index (χ2v) is 4.55. The van der Waals surface area contributed by atoms with Gasteiger partial charge < -0.3 is 0 Å². The first-order chi connectivity index (χ1) is 7.56. The van der Waals surface area contributed by atoms with Gasteiger partial charge in [0.05, 0.1) is 0 Å². The molecule has 0 spiro atoms. The van der Waals surface area contributed by atoms with Gasteiger partial charge in [0.1, 0.15) is 0 Å². The van der Waals surface area contributed by atoms with Gasteiger partial charge in [0, 0.05) is 0 Å². The lowest BCUT2D eigenvalue weighted by molar-refractivity contribution is 0.958. The molecule has 16 heavy (non-hydrogen) atoms. The summed E-state index contributed by atoms with van der Waals surface area (Å²) < 4.78 is 0. The van der Waals surface area contributed by atoms with Crippen LogP contribution in [0.25, 0.3) is 0 Å². The minimum atomic E-state index is 1.05. The van der Waals surface area contributed by atoms with Gasteiger partial charge in [-0.05, 0) is 53.9 Å². The maximum atomic E-state index is 2.33. The Bertz CT molecular complexity index is 294. The second kappa shape index (κ2) is 9.21. The van der Waals surface area contributed by atoms with Gasteiger partial charge in [-0.2, -0.15) is 0 Å². The molecule has 0 N–H and O–H groups in total. The number of hydrogen-bond donors (Lipinski definition) is 0. The Balaban J connectivity index is 3.96. The van der Waals surface area contributed by atoms with Gasteiger partial charge in [0.25, 0.3) is 0 Å². The summed E-state index contributed by atoms with van der Waals surface area (Å²) >= 11 is 0. The highest BCUT2D eigenvalue weighted by molar-refractivity contribution is 5.17. The maximum absolute atomic E-state index is 2.33. The predicted octanol–water partition coefficient (Wildman–Crippen LogP) is 5.59. The van der Waals surface area contributed by atoms with Crippen LogP contribution in [0.5, 0.6) is 0 Å². The van der Waals surface area contributed by atoms with Crippen molar-refractivity contribution in [3.63, 3.8) is 0 Å². The van der Waals surface area contributed by atoms with Crippen molar-refractivity contribution in [2.75, 3.05) is 0 Å². The lowest BCUT2D eigenvalue weighted by Gasteiger charge is -1.98. The summed E-state index contributed by atoms with van der Waals surface area (Å²) in [6, 6.07) is 0. The zero-order valence-corrected chi connectivity index (χ0v) is 11.5. The molecule has 0 aromatic rings. The fourth-order valence-corrected chi connectivity index (χ4v) is 1.47. The quantitative estimate of drug-likeness (QED) is 0.402. The molecule has 0 saturated carbocycles. The lowest BCUT2D eigenvalue weighted by atomic mass is 10.1. The monoisotopic (exact) mass is 218 g/mol. The normalized spacial score (nSPS) is 13.3. The molecule has 0 unspecified atom stereocenters. The van der Waals surface area contributed by atoms with E-state index in [0.717, 1.165) is 6.42 Å². The minimum Gasteiger partial charge on any atom is -0.0874 e. The van der Waals surface area contributed by atoms with Crippen molar-refractivity contribution in [2.24, 2.45) is 0 Å². The molecule has 0 nitrogen and oxygen atoms in total. The molecular weight excluding hydrogens is 192 g/mol. The van der Waals surface area contributed by atoms with E-state index in [0.29, 0.717) is 0 Å². The average Bonchev–Trinajstić information content (AvgIpc) is 2.17. The first-order valence-electron chi connectivity index (χ1n) is 6.14. The molecule has 0 aliphatic carbocycles. The van der Waals surface area contributed by atoms with Crippen LogP contribution in [0.15, 0.2) is 47.1 Å². The standard InChI is InChI=1S/C16H26/c1-6-9-15(4)12-8-13-16(5)11-7-10-14(2)3/h6,9-10,12-13H,7-8,11H2,1-5H3. The summed E-state index contributed by atoms with van der Waals surface area (Å²) in [5, 5.41) is 0. The predicted molar refractivity (Wildman–Crippen MR) is 75.6 cm³/mol. The van der Waals surface area contributed by atoms with Crippen molar-refractivity contribution >= 4 is 0 Å². The molecule has 0 bridgehead atoms. The highest BCUT2D eigenvalue weighted by Crippen LogP contribution is 2.08. The Morgan fingerprint density at radius 1 is 0.938 bits per heavy atom. The largest absolute Gasteiger partial charge is 0.0874 e. The molecule has 0 aromatic carbocycles. The van der Waals surface area contributed by atoms with Crippen LogP contribution >= 0.6 is 0 Å². The molecule has 0 heteroatoms. The Hall–Kier alpha value is -1.04. The zero-order valence-electron chi connectivity index (χ0n) is 11.5. The van der Waals surface area contributed by atoms with E-state index < -0.39 is 0 Å².